The van der Waals surface area contributed by atoms with E-state index < -0.39 is 0 Å². The van der Waals surface area contributed by atoms with Crippen LogP contribution in [0.1, 0.15) is 108 Å². The summed E-state index contributed by atoms with van der Waals surface area (Å²) in [5.41, 5.74) is 0. The van der Waals surface area contributed by atoms with Crippen molar-refractivity contribution in [1.29, 1.82) is 0 Å². The number of likely N-dealkylation sites (N-methyl/N-ethyl adjacent to an activating group) is 1. The van der Waals surface area contributed by atoms with Crippen molar-refractivity contribution < 1.29 is 33.6 Å². The van der Waals surface area contributed by atoms with Crippen molar-refractivity contribution in [2.75, 3.05) is 118 Å². The van der Waals surface area contributed by atoms with Crippen LogP contribution in [0.25, 0.3) is 0 Å². The Kier molecular flexibility index (Phi) is 43.1. The molecule has 7 amide bonds. The van der Waals surface area contributed by atoms with Crippen LogP contribution in [-0.2, 0) is 33.6 Å². The van der Waals surface area contributed by atoms with Gasteiger partial charge in [-0.05, 0) is 45.6 Å². The molecule has 0 fully saturated rings. The van der Waals surface area contributed by atoms with Gasteiger partial charge in [0.15, 0.2) is 0 Å². The van der Waals surface area contributed by atoms with Crippen LogP contribution in [0.15, 0.2) is 0 Å². The lowest BCUT2D eigenvalue weighted by Crippen LogP contribution is -2.43. The van der Waals surface area contributed by atoms with E-state index in [4.69, 9.17) is 0 Å². The minimum atomic E-state index is -0.121. The van der Waals surface area contributed by atoms with Gasteiger partial charge in [0.25, 0.3) is 0 Å². The number of hydrogen-bond donors (Lipinski definition) is 8. The Balaban J connectivity index is -0.00000814. The molecule has 0 aliphatic carbocycles. The SMILES string of the molecule is CC.CC.CNCCNC(=O)CN(CCCNC(=O)CN(CCCNC(C)=O)CCCNC(=O)C(C)C)CCCNC(=O)CN(CCCNC(C)=O)CCCNC(=O)C(C)C. The first kappa shape index (κ1) is 61.4. The molecule has 0 saturated heterocycles. The van der Waals surface area contributed by atoms with Gasteiger partial charge in [-0.25, -0.2) is 0 Å². The molecule has 0 rings (SSSR count). The first-order chi connectivity index (χ1) is 29.1. The van der Waals surface area contributed by atoms with Crippen molar-refractivity contribution in [3.8, 4) is 0 Å². The van der Waals surface area contributed by atoms with Gasteiger partial charge >= 0.3 is 0 Å². The first-order valence-electron chi connectivity index (χ1n) is 22.8. The number of nitrogens with one attached hydrogen (secondary N) is 8. The standard InChI is InChI=1S/C39H77N11O7.2C2H6/c1-31(2)38(56)46-18-12-26-48(22-8-14-41-33(5)51)28-35(53)43-16-10-24-50(30-37(55)45-21-20-40-7)25-11-17-44-36(54)29-49(23-9-15-42-34(6)52)27-13-19-47-39(57)32(3)4;2*1-2/h31-32,40H,8-30H2,1-7H3,(H,41,51)(H,42,52)(H,43,53)(H,44,54)(H,45,55)(H,46,56)(H,47,57);2*1-2H3. The molecular formula is C43H89N11O7. The van der Waals surface area contributed by atoms with Crippen LogP contribution < -0.4 is 42.5 Å². The largest absolute Gasteiger partial charge is 0.356 e. The fraction of sp³-hybridized carbons (Fsp3) is 0.837. The lowest BCUT2D eigenvalue weighted by molar-refractivity contribution is -0.124. The highest BCUT2D eigenvalue weighted by molar-refractivity contribution is 5.79. The van der Waals surface area contributed by atoms with Crippen LogP contribution >= 0.6 is 0 Å². The molecule has 8 N–H and O–H groups in total. The Hall–Kier alpha value is -3.87. The fourth-order valence-electron chi connectivity index (χ4n) is 5.55. The fourth-order valence-corrected chi connectivity index (χ4v) is 5.55. The zero-order valence-electron chi connectivity index (χ0n) is 40.1. The summed E-state index contributed by atoms with van der Waals surface area (Å²) >= 11 is 0. The average molecular weight is 872 g/mol. The van der Waals surface area contributed by atoms with Crippen molar-refractivity contribution in [1.82, 2.24) is 57.2 Å². The van der Waals surface area contributed by atoms with Crippen molar-refractivity contribution in [3.05, 3.63) is 0 Å². The normalized spacial score (nSPS) is 10.7. The van der Waals surface area contributed by atoms with Gasteiger partial charge in [0.2, 0.25) is 41.4 Å². The predicted octanol–water partition coefficient (Wildman–Crippen LogP) is 0.670. The van der Waals surface area contributed by atoms with E-state index in [1.54, 1.807) is 0 Å². The van der Waals surface area contributed by atoms with Crippen LogP contribution in [-0.4, -0.2) is 174 Å². The smallest absolute Gasteiger partial charge is 0.234 e. The minimum absolute atomic E-state index is 0.00811. The van der Waals surface area contributed by atoms with E-state index in [0.717, 1.165) is 0 Å². The van der Waals surface area contributed by atoms with E-state index >= 15 is 0 Å². The van der Waals surface area contributed by atoms with Gasteiger partial charge < -0.3 is 42.5 Å². The number of carbonyl (C=O) groups excluding carboxylic acids is 7. The maximum absolute atomic E-state index is 12.9. The summed E-state index contributed by atoms with van der Waals surface area (Å²) in [5, 5.41) is 23.3. The van der Waals surface area contributed by atoms with Crippen molar-refractivity contribution >= 4 is 41.4 Å². The third kappa shape index (κ3) is 41.3. The highest BCUT2D eigenvalue weighted by atomic mass is 16.2. The molecule has 0 aromatic heterocycles. The van der Waals surface area contributed by atoms with Gasteiger partial charge in [-0.2, -0.15) is 0 Å². The number of amides is 7. The molecule has 0 radical (unpaired) electrons. The Morgan fingerprint density at radius 2 is 0.623 bits per heavy atom. The molecule has 0 bridgehead atoms. The lowest BCUT2D eigenvalue weighted by atomic mass is 10.2. The van der Waals surface area contributed by atoms with Gasteiger partial charge in [0.05, 0.1) is 19.6 Å². The summed E-state index contributed by atoms with van der Waals surface area (Å²) in [5.74, 6) is -0.746. The minimum Gasteiger partial charge on any atom is -0.356 e. The van der Waals surface area contributed by atoms with E-state index in [1.807, 2.05) is 77.1 Å². The summed E-state index contributed by atoms with van der Waals surface area (Å²) in [6.07, 6.45) is 4.00. The molecule has 61 heavy (non-hydrogen) atoms. The zero-order valence-corrected chi connectivity index (χ0v) is 40.1. The Bertz CT molecular complexity index is 1100. The summed E-state index contributed by atoms with van der Waals surface area (Å²) in [7, 11) is 1.82. The van der Waals surface area contributed by atoms with Crippen LogP contribution in [0.5, 0.6) is 0 Å². The maximum atomic E-state index is 12.9. The molecule has 0 saturated carbocycles. The second kappa shape index (κ2) is 42.8. The zero-order chi connectivity index (χ0) is 46.8. The number of carbonyl (C=O) groups is 7. The molecule has 0 unspecified atom stereocenters. The van der Waals surface area contributed by atoms with E-state index in [2.05, 4.69) is 42.5 Å². The highest BCUT2D eigenvalue weighted by Crippen LogP contribution is 1.99. The van der Waals surface area contributed by atoms with Gasteiger partial charge in [0, 0.05) is 117 Å². The maximum Gasteiger partial charge on any atom is 0.234 e. The van der Waals surface area contributed by atoms with Crippen molar-refractivity contribution in [2.24, 2.45) is 11.8 Å². The Labute approximate surface area is 369 Å². The van der Waals surface area contributed by atoms with Crippen LogP contribution in [0, 0.1) is 11.8 Å². The summed E-state index contributed by atoms with van der Waals surface area (Å²) in [6.45, 7) is 26.6. The predicted molar refractivity (Wildman–Crippen MR) is 246 cm³/mol. The summed E-state index contributed by atoms with van der Waals surface area (Å²) < 4.78 is 0. The third-order valence-electron chi connectivity index (χ3n) is 8.74. The Morgan fingerprint density at radius 3 is 0.869 bits per heavy atom. The Morgan fingerprint density at radius 1 is 0.377 bits per heavy atom. The quantitative estimate of drug-likeness (QED) is 0.0414. The molecule has 0 aliphatic rings. The number of hydrogen-bond acceptors (Lipinski definition) is 11. The van der Waals surface area contributed by atoms with Crippen LogP contribution in [0.3, 0.4) is 0 Å². The molecule has 358 valence electrons. The molecule has 0 aliphatic heterocycles. The topological polar surface area (TPSA) is 225 Å². The van der Waals surface area contributed by atoms with Crippen molar-refractivity contribution in [3.63, 3.8) is 0 Å². The monoisotopic (exact) mass is 872 g/mol. The van der Waals surface area contributed by atoms with E-state index in [9.17, 15) is 33.6 Å². The second-order valence-corrected chi connectivity index (χ2v) is 15.0. The van der Waals surface area contributed by atoms with Gasteiger partial charge in [0.1, 0.15) is 0 Å². The molecule has 18 heteroatoms. The first-order valence-corrected chi connectivity index (χ1v) is 22.8. The van der Waals surface area contributed by atoms with E-state index in [0.29, 0.717) is 130 Å². The second-order valence-electron chi connectivity index (χ2n) is 15.0. The number of rotatable bonds is 35. The number of nitrogens with zero attached hydrogens (tertiary/aromatic N) is 3. The lowest BCUT2D eigenvalue weighted by Gasteiger charge is -2.24. The van der Waals surface area contributed by atoms with Gasteiger partial charge in [-0.1, -0.05) is 55.4 Å². The van der Waals surface area contributed by atoms with E-state index in [-0.39, 0.29) is 72.8 Å². The summed E-state index contributed by atoms with van der Waals surface area (Å²) in [6, 6.07) is 0. The molecule has 0 aromatic carbocycles. The van der Waals surface area contributed by atoms with Gasteiger partial charge in [-0.15, -0.1) is 0 Å². The van der Waals surface area contributed by atoms with Crippen LogP contribution in [0.2, 0.25) is 0 Å². The molecule has 0 aromatic rings. The van der Waals surface area contributed by atoms with Gasteiger partial charge in [-0.3, -0.25) is 48.3 Å². The van der Waals surface area contributed by atoms with E-state index in [1.165, 1.54) is 13.8 Å². The molecule has 0 atom stereocenters. The van der Waals surface area contributed by atoms with Crippen LogP contribution in [0.4, 0.5) is 0 Å². The van der Waals surface area contributed by atoms with Crippen molar-refractivity contribution in [2.45, 2.75) is 108 Å². The molecule has 18 nitrogen and oxygen atoms in total. The molecule has 0 spiro atoms. The molecule has 0 heterocycles. The average Bonchev–Trinajstić information content (AvgIpc) is 3.22. The summed E-state index contributed by atoms with van der Waals surface area (Å²) in [4.78, 5) is 90.9. The molecular weight excluding hydrogens is 783 g/mol. The highest BCUT2D eigenvalue weighted by Gasteiger charge is 2.15. The third-order valence-corrected chi connectivity index (χ3v) is 8.74.